The molecule has 1 fully saturated rings. The molecule has 0 radical (unpaired) electrons. The van der Waals surface area contributed by atoms with E-state index >= 15 is 0 Å². The third-order valence-electron chi connectivity index (χ3n) is 1.60. The van der Waals surface area contributed by atoms with Crippen molar-refractivity contribution in [1.29, 1.82) is 0 Å². The number of allylic oxidation sites excluding steroid dienone is 1. The lowest BCUT2D eigenvalue weighted by molar-refractivity contribution is 0.293. The molecule has 1 saturated heterocycles. The average molecular weight is 158 g/mol. The van der Waals surface area contributed by atoms with Gasteiger partial charge in [-0.25, -0.2) is 5.01 Å². The summed E-state index contributed by atoms with van der Waals surface area (Å²) >= 11 is 2.00. The largest absolute Gasteiger partial charge is 0.269 e. The van der Waals surface area contributed by atoms with Crippen LogP contribution in [0.3, 0.4) is 0 Å². The van der Waals surface area contributed by atoms with Gasteiger partial charge in [0.05, 0.1) is 0 Å². The zero-order chi connectivity index (χ0) is 7.40. The lowest BCUT2D eigenvalue weighted by Gasteiger charge is -2.27. The van der Waals surface area contributed by atoms with Gasteiger partial charge >= 0.3 is 0 Å². The van der Waals surface area contributed by atoms with Crippen molar-refractivity contribution in [3.63, 3.8) is 0 Å². The molecule has 58 valence electrons. The fourth-order valence-corrected chi connectivity index (χ4v) is 2.31. The van der Waals surface area contributed by atoms with Gasteiger partial charge in [-0.1, -0.05) is 6.08 Å². The van der Waals surface area contributed by atoms with E-state index in [0.29, 0.717) is 5.25 Å². The van der Waals surface area contributed by atoms with Gasteiger partial charge in [0.15, 0.2) is 0 Å². The highest BCUT2D eigenvalue weighted by molar-refractivity contribution is 8.00. The monoisotopic (exact) mass is 158 g/mol. The van der Waals surface area contributed by atoms with Crippen LogP contribution < -0.4 is 5.84 Å². The third-order valence-corrected chi connectivity index (χ3v) is 2.83. The summed E-state index contributed by atoms with van der Waals surface area (Å²) in [4.78, 5) is 0. The average Bonchev–Trinajstić information content (AvgIpc) is 1.88. The van der Waals surface area contributed by atoms with Gasteiger partial charge in [0.25, 0.3) is 0 Å². The van der Waals surface area contributed by atoms with Gasteiger partial charge < -0.3 is 0 Å². The minimum Gasteiger partial charge on any atom is -0.269 e. The number of hydrazine groups is 1. The highest BCUT2D eigenvalue weighted by atomic mass is 32.2. The van der Waals surface area contributed by atoms with Gasteiger partial charge in [0, 0.05) is 24.1 Å². The zero-order valence-electron chi connectivity index (χ0n) is 6.12. The minimum absolute atomic E-state index is 0.677. The van der Waals surface area contributed by atoms with E-state index in [4.69, 9.17) is 5.84 Å². The molecular weight excluding hydrogens is 144 g/mol. The Morgan fingerprint density at radius 2 is 2.60 bits per heavy atom. The number of nitrogens with zero attached hydrogens (tertiary/aromatic N) is 1. The zero-order valence-corrected chi connectivity index (χ0v) is 6.94. The highest BCUT2D eigenvalue weighted by Crippen LogP contribution is 2.19. The van der Waals surface area contributed by atoms with Crippen LogP contribution in [0.4, 0.5) is 0 Å². The normalized spacial score (nSPS) is 28.3. The summed E-state index contributed by atoms with van der Waals surface area (Å²) in [6, 6.07) is 0. The van der Waals surface area contributed by atoms with E-state index in [1.807, 2.05) is 22.8 Å². The van der Waals surface area contributed by atoms with Crippen molar-refractivity contribution in [1.82, 2.24) is 5.01 Å². The molecular formula is C7H14N2S. The smallest absolute Gasteiger partial charge is 0.0251 e. The van der Waals surface area contributed by atoms with E-state index in [1.165, 1.54) is 0 Å². The van der Waals surface area contributed by atoms with Crippen molar-refractivity contribution in [2.75, 3.05) is 18.8 Å². The topological polar surface area (TPSA) is 29.3 Å². The Balaban J connectivity index is 2.24. The molecule has 1 heterocycles. The summed E-state index contributed by atoms with van der Waals surface area (Å²) in [5.74, 6) is 6.80. The quantitative estimate of drug-likeness (QED) is 0.477. The molecule has 0 aromatic heterocycles. The van der Waals surface area contributed by atoms with Gasteiger partial charge in [-0.3, -0.25) is 5.84 Å². The first kappa shape index (κ1) is 8.11. The fraction of sp³-hybridized carbons (Fsp3) is 0.714. The Bertz CT molecular complexity index is 116. The first-order valence-corrected chi connectivity index (χ1v) is 4.60. The molecule has 0 spiro atoms. The predicted octanol–water partition coefficient (Wildman–Crippen LogP) is 0.854. The van der Waals surface area contributed by atoms with E-state index in [-0.39, 0.29) is 0 Å². The lowest BCUT2D eigenvalue weighted by Crippen LogP contribution is -2.42. The van der Waals surface area contributed by atoms with Gasteiger partial charge in [-0.05, 0) is 6.42 Å². The van der Waals surface area contributed by atoms with E-state index in [0.717, 1.165) is 25.3 Å². The van der Waals surface area contributed by atoms with Crippen LogP contribution in [0.2, 0.25) is 0 Å². The second-order valence-corrected chi connectivity index (χ2v) is 3.92. The van der Waals surface area contributed by atoms with Crippen LogP contribution in [0.15, 0.2) is 12.7 Å². The maximum Gasteiger partial charge on any atom is 0.0251 e. The summed E-state index contributed by atoms with van der Waals surface area (Å²) < 4.78 is 0. The van der Waals surface area contributed by atoms with Crippen LogP contribution in [0.1, 0.15) is 6.42 Å². The summed E-state index contributed by atoms with van der Waals surface area (Å²) in [5.41, 5.74) is 0. The molecule has 0 aliphatic carbocycles. The van der Waals surface area contributed by atoms with Crippen molar-refractivity contribution in [3.8, 4) is 0 Å². The van der Waals surface area contributed by atoms with Crippen molar-refractivity contribution in [3.05, 3.63) is 12.7 Å². The van der Waals surface area contributed by atoms with E-state index < -0.39 is 0 Å². The molecule has 1 unspecified atom stereocenters. The number of thioether (sulfide) groups is 1. The Labute approximate surface area is 66.4 Å². The fourth-order valence-electron chi connectivity index (χ4n) is 1.07. The Morgan fingerprint density at radius 3 is 3.20 bits per heavy atom. The molecule has 0 saturated carbocycles. The molecule has 10 heavy (non-hydrogen) atoms. The lowest BCUT2D eigenvalue weighted by atomic mass is 10.3. The van der Waals surface area contributed by atoms with Crippen LogP contribution >= 0.6 is 11.8 Å². The second kappa shape index (κ2) is 4.01. The molecule has 2 N–H and O–H groups in total. The van der Waals surface area contributed by atoms with E-state index in [1.54, 1.807) is 0 Å². The standard InChI is InChI=1S/C7H14N2S/c1-2-3-7-6-9(8)4-5-10-7/h2,7H,1,3-6,8H2. The number of hydrogen-bond donors (Lipinski definition) is 1. The molecule has 3 heteroatoms. The van der Waals surface area contributed by atoms with E-state index in [2.05, 4.69) is 6.58 Å². The first-order chi connectivity index (χ1) is 4.83. The van der Waals surface area contributed by atoms with Crippen LogP contribution in [0.25, 0.3) is 0 Å². The van der Waals surface area contributed by atoms with Gasteiger partial charge in [-0.2, -0.15) is 11.8 Å². The Kier molecular flexibility index (Phi) is 3.25. The highest BCUT2D eigenvalue weighted by Gasteiger charge is 2.15. The molecule has 2 nitrogen and oxygen atoms in total. The van der Waals surface area contributed by atoms with Gasteiger partial charge in [0.2, 0.25) is 0 Å². The molecule has 1 rings (SSSR count). The maximum atomic E-state index is 5.64. The molecule has 0 amide bonds. The summed E-state index contributed by atoms with van der Waals surface area (Å²) in [6.45, 7) is 5.74. The van der Waals surface area contributed by atoms with Crippen molar-refractivity contribution in [2.24, 2.45) is 5.84 Å². The molecule has 0 aromatic carbocycles. The summed E-state index contributed by atoms with van der Waals surface area (Å²) in [6.07, 6.45) is 3.05. The second-order valence-electron chi connectivity index (χ2n) is 2.51. The third kappa shape index (κ3) is 2.33. The number of rotatable bonds is 2. The SMILES string of the molecule is C=CCC1CN(N)CCS1. The van der Waals surface area contributed by atoms with Crippen molar-refractivity contribution in [2.45, 2.75) is 11.7 Å². The summed E-state index contributed by atoms with van der Waals surface area (Å²) in [7, 11) is 0. The summed E-state index contributed by atoms with van der Waals surface area (Å²) in [5, 5.41) is 2.57. The van der Waals surface area contributed by atoms with E-state index in [9.17, 15) is 0 Å². The Morgan fingerprint density at radius 1 is 1.80 bits per heavy atom. The molecule has 1 aliphatic rings. The van der Waals surface area contributed by atoms with Gasteiger partial charge in [0.1, 0.15) is 0 Å². The molecule has 0 aromatic rings. The van der Waals surface area contributed by atoms with Gasteiger partial charge in [-0.15, -0.1) is 6.58 Å². The first-order valence-electron chi connectivity index (χ1n) is 3.55. The molecule has 1 aliphatic heterocycles. The van der Waals surface area contributed by atoms with Crippen LogP contribution in [0, 0.1) is 0 Å². The van der Waals surface area contributed by atoms with Crippen LogP contribution in [0.5, 0.6) is 0 Å². The molecule has 0 bridgehead atoms. The Hall–Kier alpha value is 0.0100. The van der Waals surface area contributed by atoms with Crippen molar-refractivity contribution >= 4 is 11.8 Å². The predicted molar refractivity (Wildman–Crippen MR) is 46.8 cm³/mol. The minimum atomic E-state index is 0.677. The van der Waals surface area contributed by atoms with Crippen LogP contribution in [-0.4, -0.2) is 29.1 Å². The van der Waals surface area contributed by atoms with Crippen LogP contribution in [-0.2, 0) is 0 Å². The van der Waals surface area contributed by atoms with Crippen molar-refractivity contribution < 1.29 is 0 Å². The number of hydrogen-bond acceptors (Lipinski definition) is 3. The maximum absolute atomic E-state index is 5.64. The number of nitrogens with two attached hydrogens (primary N) is 1. The molecule has 1 atom stereocenters.